The Morgan fingerprint density at radius 2 is 2.06 bits per heavy atom. The number of rotatable bonds is 4. The lowest BCUT2D eigenvalue weighted by Gasteiger charge is -2.23. The minimum absolute atomic E-state index is 0.455. The highest BCUT2D eigenvalue weighted by Gasteiger charge is 2.20. The first-order chi connectivity index (χ1) is 8.72. The van der Waals surface area contributed by atoms with Crippen molar-refractivity contribution in [2.45, 2.75) is 39.0 Å². The Balaban J connectivity index is 2.22. The predicted molar refractivity (Wildman–Crippen MR) is 78.4 cm³/mol. The third-order valence-corrected chi connectivity index (χ3v) is 3.81. The quantitative estimate of drug-likeness (QED) is 0.749. The SMILES string of the molecule is C=CNc1ccc(C)c(C(=N)C2CCCCC2)c1. The fourth-order valence-electron chi connectivity index (χ4n) is 2.73. The van der Waals surface area contributed by atoms with E-state index in [9.17, 15) is 0 Å². The summed E-state index contributed by atoms with van der Waals surface area (Å²) in [5, 5.41) is 11.5. The minimum atomic E-state index is 0.455. The summed E-state index contributed by atoms with van der Waals surface area (Å²) in [7, 11) is 0. The molecule has 2 rings (SSSR count). The van der Waals surface area contributed by atoms with Crippen molar-refractivity contribution in [2.75, 3.05) is 5.32 Å². The van der Waals surface area contributed by atoms with Gasteiger partial charge in [-0.3, -0.25) is 0 Å². The van der Waals surface area contributed by atoms with Crippen molar-refractivity contribution in [3.63, 3.8) is 0 Å². The summed E-state index contributed by atoms with van der Waals surface area (Å²) in [5.74, 6) is 0.455. The van der Waals surface area contributed by atoms with Gasteiger partial charge < -0.3 is 10.7 Å². The highest BCUT2D eigenvalue weighted by molar-refractivity contribution is 6.01. The van der Waals surface area contributed by atoms with Crippen LogP contribution in [0.15, 0.2) is 31.0 Å². The maximum atomic E-state index is 8.44. The molecule has 0 aliphatic heterocycles. The van der Waals surface area contributed by atoms with Gasteiger partial charge in [-0.05, 0) is 43.7 Å². The molecule has 1 aromatic rings. The monoisotopic (exact) mass is 242 g/mol. The Kier molecular flexibility index (Phi) is 4.19. The molecule has 1 fully saturated rings. The second-order valence-corrected chi connectivity index (χ2v) is 5.13. The van der Waals surface area contributed by atoms with Crippen molar-refractivity contribution in [1.29, 1.82) is 5.41 Å². The van der Waals surface area contributed by atoms with Gasteiger partial charge in [0.1, 0.15) is 0 Å². The molecule has 0 bridgehead atoms. The molecule has 2 N–H and O–H groups in total. The summed E-state index contributed by atoms with van der Waals surface area (Å²) in [6.07, 6.45) is 7.92. The van der Waals surface area contributed by atoms with Crippen molar-refractivity contribution in [2.24, 2.45) is 5.92 Å². The van der Waals surface area contributed by atoms with Crippen molar-refractivity contribution in [1.82, 2.24) is 0 Å². The van der Waals surface area contributed by atoms with Gasteiger partial charge in [0.2, 0.25) is 0 Å². The highest BCUT2D eigenvalue weighted by atomic mass is 14.8. The van der Waals surface area contributed by atoms with E-state index < -0.39 is 0 Å². The Morgan fingerprint density at radius 1 is 1.33 bits per heavy atom. The summed E-state index contributed by atoms with van der Waals surface area (Å²) in [4.78, 5) is 0. The Hall–Kier alpha value is -1.57. The molecule has 1 aliphatic carbocycles. The molecule has 0 saturated heterocycles. The summed E-state index contributed by atoms with van der Waals surface area (Å²) in [5.41, 5.74) is 4.13. The smallest absolute Gasteiger partial charge is 0.0420 e. The van der Waals surface area contributed by atoms with E-state index in [0.717, 1.165) is 17.0 Å². The van der Waals surface area contributed by atoms with Crippen LogP contribution in [0.5, 0.6) is 0 Å². The van der Waals surface area contributed by atoms with E-state index >= 15 is 0 Å². The molecule has 2 heteroatoms. The molecule has 1 aliphatic rings. The van der Waals surface area contributed by atoms with Crippen LogP contribution in [-0.2, 0) is 0 Å². The van der Waals surface area contributed by atoms with Gasteiger partial charge in [0.15, 0.2) is 0 Å². The Bertz CT molecular complexity index is 442. The number of benzene rings is 1. The van der Waals surface area contributed by atoms with E-state index in [1.807, 2.05) is 6.07 Å². The van der Waals surface area contributed by atoms with E-state index in [-0.39, 0.29) is 0 Å². The maximum absolute atomic E-state index is 8.44. The van der Waals surface area contributed by atoms with Crippen LogP contribution in [0.2, 0.25) is 0 Å². The Morgan fingerprint density at radius 3 is 2.72 bits per heavy atom. The van der Waals surface area contributed by atoms with Gasteiger partial charge in [-0.25, -0.2) is 0 Å². The average Bonchev–Trinajstić information content (AvgIpc) is 2.41. The zero-order valence-corrected chi connectivity index (χ0v) is 11.1. The van der Waals surface area contributed by atoms with Crippen molar-refractivity contribution >= 4 is 11.4 Å². The van der Waals surface area contributed by atoms with E-state index in [2.05, 4.69) is 31.0 Å². The van der Waals surface area contributed by atoms with Crippen LogP contribution in [0.4, 0.5) is 5.69 Å². The van der Waals surface area contributed by atoms with Gasteiger partial charge in [0, 0.05) is 22.9 Å². The lowest BCUT2D eigenvalue weighted by molar-refractivity contribution is 0.438. The van der Waals surface area contributed by atoms with Gasteiger partial charge in [0.25, 0.3) is 0 Å². The maximum Gasteiger partial charge on any atom is 0.0420 e. The summed E-state index contributed by atoms with van der Waals surface area (Å²) in [6.45, 7) is 5.77. The van der Waals surface area contributed by atoms with Gasteiger partial charge >= 0.3 is 0 Å². The second-order valence-electron chi connectivity index (χ2n) is 5.13. The van der Waals surface area contributed by atoms with Gasteiger partial charge in [-0.15, -0.1) is 0 Å². The molecule has 96 valence electrons. The first kappa shape index (κ1) is 12.9. The molecule has 1 aromatic carbocycles. The number of hydrogen-bond donors (Lipinski definition) is 2. The topological polar surface area (TPSA) is 35.9 Å². The molecule has 0 heterocycles. The van der Waals surface area contributed by atoms with Crippen molar-refractivity contribution in [3.05, 3.63) is 42.1 Å². The lowest BCUT2D eigenvalue weighted by atomic mass is 9.82. The molecule has 0 unspecified atom stereocenters. The second kappa shape index (κ2) is 5.85. The average molecular weight is 242 g/mol. The van der Waals surface area contributed by atoms with E-state index in [1.165, 1.54) is 37.7 Å². The standard InChI is InChI=1S/C16H22N2/c1-3-18-14-10-9-12(2)15(11-14)16(17)13-7-5-4-6-8-13/h3,9-11,13,17-18H,1,4-8H2,2H3. The van der Waals surface area contributed by atoms with Crippen LogP contribution < -0.4 is 5.32 Å². The van der Waals surface area contributed by atoms with Crippen molar-refractivity contribution < 1.29 is 0 Å². The lowest BCUT2D eigenvalue weighted by Crippen LogP contribution is -2.18. The number of anilines is 1. The van der Waals surface area contributed by atoms with Crippen LogP contribution in [0.1, 0.15) is 43.2 Å². The molecule has 0 aromatic heterocycles. The number of aryl methyl sites for hydroxylation is 1. The van der Waals surface area contributed by atoms with E-state index in [1.54, 1.807) is 6.20 Å². The van der Waals surface area contributed by atoms with Crippen LogP contribution in [0, 0.1) is 18.3 Å². The molecular formula is C16H22N2. The Labute approximate surface area is 110 Å². The van der Waals surface area contributed by atoms with E-state index in [4.69, 9.17) is 5.41 Å². The van der Waals surface area contributed by atoms with Crippen LogP contribution >= 0.6 is 0 Å². The third-order valence-electron chi connectivity index (χ3n) is 3.81. The van der Waals surface area contributed by atoms with Crippen LogP contribution in [-0.4, -0.2) is 5.71 Å². The summed E-state index contributed by atoms with van der Waals surface area (Å²) in [6, 6.07) is 6.20. The van der Waals surface area contributed by atoms with Crippen LogP contribution in [0.25, 0.3) is 0 Å². The first-order valence-corrected chi connectivity index (χ1v) is 6.79. The minimum Gasteiger partial charge on any atom is -0.362 e. The van der Waals surface area contributed by atoms with Crippen molar-refractivity contribution in [3.8, 4) is 0 Å². The fourth-order valence-corrected chi connectivity index (χ4v) is 2.73. The predicted octanol–water partition coefficient (Wildman–Crippen LogP) is 4.50. The van der Waals surface area contributed by atoms with Gasteiger partial charge in [-0.1, -0.05) is 31.9 Å². The third kappa shape index (κ3) is 2.81. The summed E-state index contributed by atoms with van der Waals surface area (Å²) < 4.78 is 0. The van der Waals surface area contributed by atoms with E-state index in [0.29, 0.717) is 5.92 Å². The zero-order chi connectivity index (χ0) is 13.0. The van der Waals surface area contributed by atoms with Gasteiger partial charge in [-0.2, -0.15) is 0 Å². The largest absolute Gasteiger partial charge is 0.362 e. The zero-order valence-electron chi connectivity index (χ0n) is 11.1. The molecular weight excluding hydrogens is 220 g/mol. The number of nitrogens with one attached hydrogen (secondary N) is 2. The molecule has 1 saturated carbocycles. The molecule has 0 atom stereocenters. The molecule has 2 nitrogen and oxygen atoms in total. The first-order valence-electron chi connectivity index (χ1n) is 6.79. The number of hydrogen-bond acceptors (Lipinski definition) is 2. The molecule has 0 radical (unpaired) electrons. The molecule has 18 heavy (non-hydrogen) atoms. The summed E-state index contributed by atoms with van der Waals surface area (Å²) >= 11 is 0. The van der Waals surface area contributed by atoms with Gasteiger partial charge in [0.05, 0.1) is 0 Å². The highest BCUT2D eigenvalue weighted by Crippen LogP contribution is 2.28. The molecule has 0 spiro atoms. The normalized spacial score (nSPS) is 16.3. The molecule has 0 amide bonds. The van der Waals surface area contributed by atoms with Crippen LogP contribution in [0.3, 0.4) is 0 Å². The fraction of sp³-hybridized carbons (Fsp3) is 0.438.